The van der Waals surface area contributed by atoms with Gasteiger partial charge in [0.15, 0.2) is 0 Å². The predicted molar refractivity (Wildman–Crippen MR) is 67.4 cm³/mol. The maximum absolute atomic E-state index is 9.88. The molecule has 0 aliphatic carbocycles. The lowest BCUT2D eigenvalue weighted by atomic mass is 9.90. The number of thioether (sulfide) groups is 1. The van der Waals surface area contributed by atoms with Crippen LogP contribution in [0.5, 0.6) is 0 Å². The van der Waals surface area contributed by atoms with E-state index in [1.165, 1.54) is 10.5 Å². The molecule has 1 atom stereocenters. The largest absolute Gasteiger partial charge is 0.392 e. The quantitative estimate of drug-likeness (QED) is 0.793. The fourth-order valence-corrected chi connectivity index (χ4v) is 2.24. The minimum atomic E-state index is -0.260. The van der Waals surface area contributed by atoms with Crippen molar-refractivity contribution in [3.05, 3.63) is 29.8 Å². The van der Waals surface area contributed by atoms with Gasteiger partial charge in [0.25, 0.3) is 0 Å². The maximum Gasteiger partial charge on any atom is 0.0682 e. The molecular formula is C13H20OS. The molecule has 0 saturated heterocycles. The van der Waals surface area contributed by atoms with Gasteiger partial charge in [-0.2, -0.15) is 0 Å². The molecule has 0 heterocycles. The minimum absolute atomic E-state index is 0.0301. The maximum atomic E-state index is 9.88. The van der Waals surface area contributed by atoms with E-state index in [4.69, 9.17) is 0 Å². The second-order valence-electron chi connectivity index (χ2n) is 5.01. The Kier molecular flexibility index (Phi) is 4.23. The summed E-state index contributed by atoms with van der Waals surface area (Å²) in [7, 11) is 0. The zero-order valence-electron chi connectivity index (χ0n) is 9.95. The van der Waals surface area contributed by atoms with Crippen molar-refractivity contribution in [3.63, 3.8) is 0 Å². The summed E-state index contributed by atoms with van der Waals surface area (Å²) in [6.07, 6.45) is -0.260. The van der Waals surface area contributed by atoms with Crippen LogP contribution >= 0.6 is 11.8 Å². The Morgan fingerprint density at radius 2 is 1.73 bits per heavy atom. The summed E-state index contributed by atoms with van der Waals surface area (Å²) in [6, 6.07) is 8.42. The third-order valence-corrected chi connectivity index (χ3v) is 3.52. The number of benzene rings is 1. The third kappa shape index (κ3) is 4.27. The number of aliphatic hydroxyl groups is 1. The molecule has 1 aromatic carbocycles. The van der Waals surface area contributed by atoms with Crippen LogP contribution in [0, 0.1) is 12.3 Å². The summed E-state index contributed by atoms with van der Waals surface area (Å²) in [4.78, 5) is 1.23. The van der Waals surface area contributed by atoms with E-state index in [1.54, 1.807) is 11.8 Å². The van der Waals surface area contributed by atoms with Crippen LogP contribution in [0.1, 0.15) is 26.3 Å². The predicted octanol–water partition coefficient (Wildman–Crippen LogP) is 3.49. The zero-order chi connectivity index (χ0) is 11.5. The molecule has 0 aromatic heterocycles. The lowest BCUT2D eigenvalue weighted by Crippen LogP contribution is -2.28. The van der Waals surface area contributed by atoms with Gasteiger partial charge in [0.1, 0.15) is 0 Å². The molecule has 1 rings (SSSR count). The third-order valence-electron chi connectivity index (χ3n) is 2.43. The van der Waals surface area contributed by atoms with Crippen molar-refractivity contribution in [1.82, 2.24) is 0 Å². The van der Waals surface area contributed by atoms with Crippen molar-refractivity contribution >= 4 is 11.8 Å². The molecular weight excluding hydrogens is 204 g/mol. The topological polar surface area (TPSA) is 20.2 Å². The molecule has 15 heavy (non-hydrogen) atoms. The highest BCUT2D eigenvalue weighted by Gasteiger charge is 2.21. The van der Waals surface area contributed by atoms with Crippen LogP contribution in [0.2, 0.25) is 0 Å². The molecule has 1 aromatic rings. The van der Waals surface area contributed by atoms with E-state index in [2.05, 4.69) is 52.0 Å². The Labute approximate surface area is 96.9 Å². The number of aliphatic hydroxyl groups excluding tert-OH is 1. The smallest absolute Gasteiger partial charge is 0.0682 e. The SMILES string of the molecule is Cc1ccc(SC[C@@H](O)C(C)(C)C)cc1. The summed E-state index contributed by atoms with van der Waals surface area (Å²) in [5.41, 5.74) is 1.24. The van der Waals surface area contributed by atoms with E-state index in [0.29, 0.717) is 0 Å². The summed E-state index contributed by atoms with van der Waals surface area (Å²) in [5, 5.41) is 9.88. The average molecular weight is 224 g/mol. The molecule has 0 amide bonds. The van der Waals surface area contributed by atoms with Gasteiger partial charge in [-0.15, -0.1) is 11.8 Å². The highest BCUT2D eigenvalue weighted by Crippen LogP contribution is 2.26. The molecule has 0 aliphatic heterocycles. The molecule has 0 fully saturated rings. The monoisotopic (exact) mass is 224 g/mol. The lowest BCUT2D eigenvalue weighted by Gasteiger charge is -2.25. The van der Waals surface area contributed by atoms with Crippen LogP contribution in [0.4, 0.5) is 0 Å². The standard InChI is InChI=1S/C13H20OS/c1-10-5-7-11(8-6-10)15-9-12(14)13(2,3)4/h5-8,12,14H,9H2,1-4H3/t12-/m1/s1. The van der Waals surface area contributed by atoms with Gasteiger partial charge < -0.3 is 5.11 Å². The molecule has 0 aliphatic rings. The fraction of sp³-hybridized carbons (Fsp3) is 0.538. The van der Waals surface area contributed by atoms with Gasteiger partial charge in [0.05, 0.1) is 6.10 Å². The van der Waals surface area contributed by atoms with Gasteiger partial charge >= 0.3 is 0 Å². The van der Waals surface area contributed by atoms with Gasteiger partial charge in [-0.3, -0.25) is 0 Å². The molecule has 1 nitrogen and oxygen atoms in total. The highest BCUT2D eigenvalue weighted by molar-refractivity contribution is 7.99. The Morgan fingerprint density at radius 1 is 1.20 bits per heavy atom. The first-order valence-electron chi connectivity index (χ1n) is 5.27. The number of rotatable bonds is 3. The van der Waals surface area contributed by atoms with Crippen molar-refractivity contribution in [2.45, 2.75) is 38.7 Å². The molecule has 84 valence electrons. The van der Waals surface area contributed by atoms with Crippen LogP contribution in [-0.4, -0.2) is 17.0 Å². The van der Waals surface area contributed by atoms with Crippen LogP contribution < -0.4 is 0 Å². The van der Waals surface area contributed by atoms with Crippen molar-refractivity contribution < 1.29 is 5.11 Å². The number of aryl methyl sites for hydroxylation is 1. The van der Waals surface area contributed by atoms with E-state index < -0.39 is 0 Å². The summed E-state index contributed by atoms with van der Waals surface area (Å²) < 4.78 is 0. The second-order valence-corrected chi connectivity index (χ2v) is 6.10. The van der Waals surface area contributed by atoms with E-state index in [9.17, 15) is 5.11 Å². The lowest BCUT2D eigenvalue weighted by molar-refractivity contribution is 0.0843. The molecule has 0 bridgehead atoms. The van der Waals surface area contributed by atoms with Crippen molar-refractivity contribution in [3.8, 4) is 0 Å². The molecule has 1 N–H and O–H groups in total. The molecule has 0 radical (unpaired) electrons. The first kappa shape index (κ1) is 12.6. The number of hydrogen-bond acceptors (Lipinski definition) is 2. The normalized spacial score (nSPS) is 13.9. The van der Waals surface area contributed by atoms with Crippen LogP contribution in [0.15, 0.2) is 29.2 Å². The Bertz CT molecular complexity index is 297. The fourth-order valence-electron chi connectivity index (χ4n) is 1.06. The Morgan fingerprint density at radius 3 is 2.20 bits per heavy atom. The van der Waals surface area contributed by atoms with Crippen molar-refractivity contribution in [2.24, 2.45) is 5.41 Å². The molecule has 0 unspecified atom stereocenters. The van der Waals surface area contributed by atoms with E-state index >= 15 is 0 Å². The van der Waals surface area contributed by atoms with E-state index in [0.717, 1.165) is 5.75 Å². The van der Waals surface area contributed by atoms with Gasteiger partial charge in [0, 0.05) is 10.6 Å². The van der Waals surface area contributed by atoms with Crippen LogP contribution in [-0.2, 0) is 0 Å². The van der Waals surface area contributed by atoms with Gasteiger partial charge in [-0.1, -0.05) is 38.5 Å². The van der Waals surface area contributed by atoms with Crippen molar-refractivity contribution in [2.75, 3.05) is 5.75 Å². The summed E-state index contributed by atoms with van der Waals surface area (Å²) in [5.74, 6) is 0.757. The highest BCUT2D eigenvalue weighted by atomic mass is 32.2. The Hall–Kier alpha value is -0.470. The van der Waals surface area contributed by atoms with E-state index in [1.807, 2.05) is 0 Å². The van der Waals surface area contributed by atoms with Gasteiger partial charge in [-0.25, -0.2) is 0 Å². The minimum Gasteiger partial charge on any atom is -0.392 e. The van der Waals surface area contributed by atoms with Crippen molar-refractivity contribution in [1.29, 1.82) is 0 Å². The first-order chi connectivity index (χ1) is 6.89. The van der Waals surface area contributed by atoms with Gasteiger partial charge in [0.2, 0.25) is 0 Å². The molecule has 2 heteroatoms. The molecule has 0 saturated carbocycles. The molecule has 0 spiro atoms. The zero-order valence-corrected chi connectivity index (χ0v) is 10.8. The van der Waals surface area contributed by atoms with E-state index in [-0.39, 0.29) is 11.5 Å². The summed E-state index contributed by atoms with van der Waals surface area (Å²) in [6.45, 7) is 8.27. The number of hydrogen-bond donors (Lipinski definition) is 1. The average Bonchev–Trinajstić information content (AvgIpc) is 2.15. The first-order valence-corrected chi connectivity index (χ1v) is 6.25. The van der Waals surface area contributed by atoms with Gasteiger partial charge in [-0.05, 0) is 24.5 Å². The Balaban J connectivity index is 2.47. The summed E-state index contributed by atoms with van der Waals surface area (Å²) >= 11 is 1.71. The second kappa shape index (κ2) is 5.04. The van der Waals surface area contributed by atoms with Crippen LogP contribution in [0.3, 0.4) is 0 Å². The van der Waals surface area contributed by atoms with Crippen LogP contribution in [0.25, 0.3) is 0 Å².